The molecule has 0 radical (unpaired) electrons. The second kappa shape index (κ2) is 10.7. The van der Waals surface area contributed by atoms with E-state index in [2.05, 4.69) is 9.98 Å². The van der Waals surface area contributed by atoms with Crippen molar-refractivity contribution in [3.8, 4) is 5.69 Å². The van der Waals surface area contributed by atoms with Gasteiger partial charge in [0.2, 0.25) is 5.91 Å². The van der Waals surface area contributed by atoms with Crippen LogP contribution in [0.15, 0.2) is 92.7 Å². The summed E-state index contributed by atoms with van der Waals surface area (Å²) in [4.78, 5) is 34.4. The van der Waals surface area contributed by atoms with E-state index in [1.807, 2.05) is 68.4 Å². The molecule has 9 heteroatoms. The average Bonchev–Trinajstić information content (AvgIpc) is 3.00. The first-order valence-electron chi connectivity index (χ1n) is 12.5. The van der Waals surface area contributed by atoms with Crippen LogP contribution in [0.2, 0.25) is 0 Å². The number of carbonyl (C=O) groups excluding carboxylic acids is 1. The Morgan fingerprint density at radius 2 is 1.74 bits per heavy atom. The SMILES string of the molecule is Cc1ccccc1-n1c(CN2CN=CN=C(N)CC(c3cccc(C(N)=O)c3)=N2)cc2cccc(C)c2c1=O. The van der Waals surface area contributed by atoms with Gasteiger partial charge in [-0.25, -0.2) is 4.99 Å². The summed E-state index contributed by atoms with van der Waals surface area (Å²) in [6.07, 6.45) is 1.66. The topological polar surface area (TPSA) is 131 Å². The van der Waals surface area contributed by atoms with Crippen LogP contribution >= 0.6 is 0 Å². The minimum absolute atomic E-state index is 0.0893. The molecule has 0 spiro atoms. The number of fused-ring (bicyclic) bond motifs is 1. The maximum atomic E-state index is 14.0. The van der Waals surface area contributed by atoms with E-state index in [4.69, 9.17) is 16.6 Å². The van der Waals surface area contributed by atoms with E-state index in [0.29, 0.717) is 28.1 Å². The predicted octanol–water partition coefficient (Wildman–Crippen LogP) is 3.66. The number of hydrazone groups is 1. The number of aliphatic imine (C=N–C) groups is 2. The molecular weight excluding hydrogens is 490 g/mol. The third-order valence-electron chi connectivity index (χ3n) is 6.67. The summed E-state index contributed by atoms with van der Waals surface area (Å²) >= 11 is 0. The first kappa shape index (κ1) is 25.6. The molecule has 39 heavy (non-hydrogen) atoms. The molecule has 0 fully saturated rings. The molecule has 0 saturated carbocycles. The highest BCUT2D eigenvalue weighted by Crippen LogP contribution is 2.22. The summed E-state index contributed by atoms with van der Waals surface area (Å²) in [5, 5.41) is 8.21. The number of nitrogens with zero attached hydrogens (tertiary/aromatic N) is 5. The molecule has 0 saturated heterocycles. The quantitative estimate of drug-likeness (QED) is 0.416. The standard InChI is InChI=1S/C30H29N7O2/c1-19-7-3-4-12-26(19)37-24(14-22-10-5-8-20(2)28(22)30(37)39)16-36-18-33-17-34-27(31)15-25(35-36)21-9-6-11-23(13-21)29(32)38/h3-14,17H,15-16,18H2,1-2H3,(H2,32,38)(H2,31,33,34). The van der Waals surface area contributed by atoms with Gasteiger partial charge in [-0.05, 0) is 60.2 Å². The number of amidine groups is 1. The molecule has 0 unspecified atom stereocenters. The van der Waals surface area contributed by atoms with Gasteiger partial charge in [0.1, 0.15) is 18.8 Å². The van der Waals surface area contributed by atoms with E-state index in [0.717, 1.165) is 27.9 Å². The lowest BCUT2D eigenvalue weighted by Gasteiger charge is -2.23. The van der Waals surface area contributed by atoms with Gasteiger partial charge in [-0.3, -0.25) is 24.2 Å². The van der Waals surface area contributed by atoms with Crippen LogP contribution in [0.1, 0.15) is 39.2 Å². The number of benzene rings is 3. The highest BCUT2D eigenvalue weighted by atomic mass is 16.1. The van der Waals surface area contributed by atoms with E-state index in [1.165, 1.54) is 6.34 Å². The fraction of sp³-hybridized carbons (Fsp3) is 0.167. The van der Waals surface area contributed by atoms with E-state index in [9.17, 15) is 9.59 Å². The van der Waals surface area contributed by atoms with Gasteiger partial charge in [-0.15, -0.1) is 0 Å². The molecule has 4 aromatic rings. The van der Waals surface area contributed by atoms with Crippen molar-refractivity contribution < 1.29 is 4.79 Å². The van der Waals surface area contributed by atoms with Gasteiger partial charge in [0.15, 0.2) is 0 Å². The highest BCUT2D eigenvalue weighted by molar-refractivity contribution is 6.13. The van der Waals surface area contributed by atoms with Crippen LogP contribution in [0, 0.1) is 13.8 Å². The largest absolute Gasteiger partial charge is 0.387 e. The fourth-order valence-corrected chi connectivity index (χ4v) is 4.77. The van der Waals surface area contributed by atoms with Crippen LogP contribution in [0.5, 0.6) is 0 Å². The normalized spacial score (nSPS) is 13.8. The Balaban J connectivity index is 1.67. The maximum Gasteiger partial charge on any atom is 0.263 e. The summed E-state index contributed by atoms with van der Waals surface area (Å²) < 4.78 is 1.76. The monoisotopic (exact) mass is 519 g/mol. The summed E-state index contributed by atoms with van der Waals surface area (Å²) in [5.74, 6) is -0.196. The molecule has 9 nitrogen and oxygen atoms in total. The Hall–Kier alpha value is -5.05. The fourth-order valence-electron chi connectivity index (χ4n) is 4.77. The van der Waals surface area contributed by atoms with Crippen LogP contribution < -0.4 is 17.0 Å². The number of pyridine rings is 1. The first-order valence-corrected chi connectivity index (χ1v) is 12.5. The number of aromatic nitrogens is 1. The lowest BCUT2D eigenvalue weighted by molar-refractivity contribution is 0.1000. The summed E-state index contributed by atoms with van der Waals surface area (Å²) in [7, 11) is 0. The number of para-hydroxylation sites is 1. The molecule has 2 heterocycles. The van der Waals surface area contributed by atoms with Crippen LogP contribution in [0.3, 0.4) is 0 Å². The van der Waals surface area contributed by atoms with Crippen molar-refractivity contribution in [2.75, 3.05) is 6.67 Å². The highest BCUT2D eigenvalue weighted by Gasteiger charge is 2.18. The van der Waals surface area contributed by atoms with Crippen molar-refractivity contribution in [2.24, 2.45) is 26.6 Å². The molecule has 1 aliphatic heterocycles. The summed E-state index contributed by atoms with van der Waals surface area (Å²) in [5.41, 5.74) is 16.7. The lowest BCUT2D eigenvalue weighted by Crippen LogP contribution is -2.28. The smallest absolute Gasteiger partial charge is 0.263 e. The first-order chi connectivity index (χ1) is 18.8. The molecule has 4 N–H and O–H groups in total. The maximum absolute atomic E-state index is 14.0. The van der Waals surface area contributed by atoms with Crippen molar-refractivity contribution in [1.29, 1.82) is 0 Å². The number of amides is 1. The number of hydrogen-bond acceptors (Lipinski definition) is 7. The van der Waals surface area contributed by atoms with Gasteiger partial charge in [0, 0.05) is 17.7 Å². The van der Waals surface area contributed by atoms with Gasteiger partial charge in [0.25, 0.3) is 5.56 Å². The predicted molar refractivity (Wildman–Crippen MR) is 156 cm³/mol. The van der Waals surface area contributed by atoms with E-state index in [1.54, 1.807) is 27.8 Å². The average molecular weight is 520 g/mol. The van der Waals surface area contributed by atoms with E-state index < -0.39 is 5.91 Å². The van der Waals surface area contributed by atoms with Gasteiger partial charge >= 0.3 is 0 Å². The van der Waals surface area contributed by atoms with Gasteiger partial charge in [-0.2, -0.15) is 5.10 Å². The molecule has 1 aromatic heterocycles. The molecular formula is C30H29N7O2. The summed E-state index contributed by atoms with van der Waals surface area (Å²) in [6, 6.07) is 22.6. The number of primary amides is 1. The molecule has 5 rings (SSSR count). The van der Waals surface area contributed by atoms with Gasteiger partial charge in [0.05, 0.1) is 23.3 Å². The Bertz CT molecular complexity index is 1730. The second-order valence-electron chi connectivity index (χ2n) is 9.49. The van der Waals surface area contributed by atoms with E-state index in [-0.39, 0.29) is 25.2 Å². The Morgan fingerprint density at radius 1 is 0.974 bits per heavy atom. The van der Waals surface area contributed by atoms with Crippen molar-refractivity contribution in [3.63, 3.8) is 0 Å². The molecule has 0 aliphatic carbocycles. The molecule has 0 atom stereocenters. The molecule has 196 valence electrons. The minimum Gasteiger partial charge on any atom is -0.387 e. The van der Waals surface area contributed by atoms with Crippen molar-refractivity contribution >= 4 is 34.6 Å². The van der Waals surface area contributed by atoms with Crippen molar-refractivity contribution in [3.05, 3.63) is 111 Å². The second-order valence-corrected chi connectivity index (χ2v) is 9.49. The Kier molecular flexibility index (Phi) is 7.05. The molecule has 1 aliphatic rings. The Morgan fingerprint density at radius 3 is 2.54 bits per heavy atom. The van der Waals surface area contributed by atoms with Gasteiger partial charge < -0.3 is 11.5 Å². The van der Waals surface area contributed by atoms with Crippen molar-refractivity contribution in [2.45, 2.75) is 26.8 Å². The number of carbonyl (C=O) groups is 1. The third-order valence-corrected chi connectivity index (χ3v) is 6.67. The zero-order valence-electron chi connectivity index (χ0n) is 21.8. The number of aryl methyl sites for hydroxylation is 2. The number of nitrogens with two attached hydrogens (primary N) is 2. The minimum atomic E-state index is -0.531. The lowest BCUT2D eigenvalue weighted by atomic mass is 10.0. The van der Waals surface area contributed by atoms with Crippen LogP contribution in [-0.4, -0.2) is 40.0 Å². The zero-order chi connectivity index (χ0) is 27.5. The zero-order valence-corrected chi connectivity index (χ0v) is 21.8. The van der Waals surface area contributed by atoms with E-state index >= 15 is 0 Å². The molecule has 0 bridgehead atoms. The molecule has 3 aromatic carbocycles. The number of rotatable bonds is 5. The van der Waals surface area contributed by atoms with Crippen LogP contribution in [0.25, 0.3) is 16.5 Å². The summed E-state index contributed by atoms with van der Waals surface area (Å²) in [6.45, 7) is 4.40. The Labute approximate surface area is 225 Å². The van der Waals surface area contributed by atoms with Crippen LogP contribution in [-0.2, 0) is 6.54 Å². The molecule has 1 amide bonds. The number of hydrogen-bond donors (Lipinski definition) is 2. The van der Waals surface area contributed by atoms with Crippen LogP contribution in [0.4, 0.5) is 0 Å². The van der Waals surface area contributed by atoms with Crippen molar-refractivity contribution in [1.82, 2.24) is 9.58 Å². The third kappa shape index (κ3) is 5.33. The van der Waals surface area contributed by atoms with Gasteiger partial charge in [-0.1, -0.05) is 48.5 Å².